The number of thioether (sulfide) groups is 1. The molecule has 0 aliphatic heterocycles. The largest absolute Gasteiger partial charge is 0.394 e. The number of nitrogens with one attached hydrogen (secondary N) is 1. The average Bonchev–Trinajstić information content (AvgIpc) is 1.65. The zero-order valence-corrected chi connectivity index (χ0v) is 7.53. The summed E-state index contributed by atoms with van der Waals surface area (Å²) in [5.74, 6) is 0. The molecule has 0 aliphatic rings. The molecule has 4 heteroatoms. The van der Waals surface area contributed by atoms with Crippen molar-refractivity contribution in [2.24, 2.45) is 5.73 Å². The van der Waals surface area contributed by atoms with Gasteiger partial charge in [-0.05, 0) is 20.1 Å². The van der Waals surface area contributed by atoms with Crippen LogP contribution >= 0.6 is 24.0 Å². The van der Waals surface area contributed by atoms with Crippen LogP contribution in [0.3, 0.4) is 0 Å². The number of hydrogen-bond donors (Lipinski definition) is 2. The quantitative estimate of drug-likeness (QED) is 0.325. The third kappa shape index (κ3) is 75.7. The lowest BCUT2D eigenvalue weighted by Crippen LogP contribution is -1.98. The highest BCUT2D eigenvalue weighted by Gasteiger charge is 1.70. The second-order valence-corrected chi connectivity index (χ2v) is 3.04. The van der Waals surface area contributed by atoms with Gasteiger partial charge in [-0.25, -0.2) is 0 Å². The van der Waals surface area contributed by atoms with Crippen molar-refractivity contribution in [1.82, 2.24) is 0 Å². The Morgan fingerprint density at radius 3 is 1.67 bits per heavy atom. The minimum atomic E-state index is 0.500. The van der Waals surface area contributed by atoms with Gasteiger partial charge in [0, 0.05) is 0 Å². The van der Waals surface area contributed by atoms with Gasteiger partial charge in [0.25, 0.3) is 0 Å². The molecule has 0 unspecified atom stereocenters. The van der Waals surface area contributed by atoms with Gasteiger partial charge in [-0.1, -0.05) is 12.2 Å². The van der Waals surface area contributed by atoms with Crippen LogP contribution in [0.4, 0.5) is 0 Å². The first-order chi connectivity index (χ1) is 4.00. The molecule has 0 aromatic heterocycles. The molecule has 0 rings (SSSR count). The Hall–Kier alpha value is -0.0900. The molecule has 0 spiro atoms. The maximum atomic E-state index is 6.71. The fourth-order valence-electron chi connectivity index (χ4n) is 0. The summed E-state index contributed by atoms with van der Waals surface area (Å²) < 4.78 is 0. The van der Waals surface area contributed by atoms with Crippen LogP contribution in [-0.4, -0.2) is 16.3 Å². The van der Waals surface area contributed by atoms with Gasteiger partial charge in [-0.2, -0.15) is 0 Å². The van der Waals surface area contributed by atoms with Crippen LogP contribution in [0.25, 0.3) is 0 Å². The smallest absolute Gasteiger partial charge is 0.0695 e. The van der Waals surface area contributed by atoms with Crippen molar-refractivity contribution >= 4 is 34.0 Å². The summed E-state index contributed by atoms with van der Waals surface area (Å²) in [6.45, 7) is 3.44. The monoisotopic (exact) mass is 164 g/mol. The van der Waals surface area contributed by atoms with Gasteiger partial charge in [-0.15, -0.1) is 11.8 Å². The third-order valence-electron chi connectivity index (χ3n) is 0.306. The molecule has 0 aromatic rings. The molecule has 0 aliphatic carbocycles. The summed E-state index contributed by atoms with van der Waals surface area (Å²) >= 11 is 5.78. The van der Waals surface area contributed by atoms with Gasteiger partial charge < -0.3 is 5.73 Å². The Kier molecular flexibility index (Phi) is 10.3. The Balaban J connectivity index is 0. The predicted molar refractivity (Wildman–Crippen MR) is 49.4 cm³/mol. The number of hydrogen-bond acceptors (Lipinski definition) is 3. The zero-order chi connectivity index (χ0) is 7.86. The van der Waals surface area contributed by atoms with Gasteiger partial charge in [0.15, 0.2) is 0 Å². The van der Waals surface area contributed by atoms with Crippen molar-refractivity contribution < 1.29 is 0 Å². The molecule has 0 bridgehead atoms. The molecule has 0 saturated heterocycles. The Bertz CT molecular complexity index is 97.1. The normalized spacial score (nSPS) is 7.00. The van der Waals surface area contributed by atoms with Crippen LogP contribution in [0.2, 0.25) is 0 Å². The highest BCUT2D eigenvalue weighted by atomic mass is 32.2. The van der Waals surface area contributed by atoms with Crippen LogP contribution < -0.4 is 5.73 Å². The second kappa shape index (κ2) is 7.91. The van der Waals surface area contributed by atoms with Crippen molar-refractivity contribution in [2.45, 2.75) is 13.8 Å². The molecular weight excluding hydrogens is 152 g/mol. The van der Waals surface area contributed by atoms with Gasteiger partial charge in [0.1, 0.15) is 0 Å². The van der Waals surface area contributed by atoms with Crippen LogP contribution in [0.5, 0.6) is 0 Å². The van der Waals surface area contributed by atoms with E-state index in [9.17, 15) is 0 Å². The van der Waals surface area contributed by atoms with E-state index in [4.69, 9.17) is 11.1 Å². The summed E-state index contributed by atoms with van der Waals surface area (Å²) in [5.41, 5.74) is 4.84. The average molecular weight is 164 g/mol. The summed E-state index contributed by atoms with van der Waals surface area (Å²) in [6.07, 6.45) is 1.89. The van der Waals surface area contributed by atoms with Crippen LogP contribution in [0.15, 0.2) is 0 Å². The molecule has 0 heterocycles. The Morgan fingerprint density at radius 1 is 1.56 bits per heavy atom. The lowest BCUT2D eigenvalue weighted by Gasteiger charge is -1.77. The molecule has 0 fully saturated rings. The van der Waals surface area contributed by atoms with Gasteiger partial charge in [0.05, 0.1) is 10.0 Å². The van der Waals surface area contributed by atoms with E-state index in [1.165, 1.54) is 11.8 Å². The highest BCUT2D eigenvalue weighted by molar-refractivity contribution is 8.13. The van der Waals surface area contributed by atoms with E-state index in [-0.39, 0.29) is 0 Å². The maximum Gasteiger partial charge on any atom is 0.0695 e. The minimum Gasteiger partial charge on any atom is -0.394 e. The summed E-state index contributed by atoms with van der Waals surface area (Å²) in [6, 6.07) is 0. The van der Waals surface area contributed by atoms with E-state index in [0.29, 0.717) is 10.0 Å². The Morgan fingerprint density at radius 2 is 1.67 bits per heavy atom. The van der Waals surface area contributed by atoms with E-state index >= 15 is 0 Å². The lowest BCUT2D eigenvalue weighted by atomic mass is 10.8. The molecular formula is C5H12N2S2. The van der Waals surface area contributed by atoms with Crippen LogP contribution in [-0.2, 0) is 0 Å². The van der Waals surface area contributed by atoms with E-state index in [1.807, 2.05) is 6.26 Å². The first-order valence-electron chi connectivity index (χ1n) is 2.36. The zero-order valence-electron chi connectivity index (χ0n) is 5.89. The molecule has 54 valence electrons. The molecule has 0 aromatic carbocycles. The molecule has 9 heavy (non-hydrogen) atoms. The fraction of sp³-hybridized carbons (Fsp3) is 0.600. The summed E-state index contributed by atoms with van der Waals surface area (Å²) in [4.78, 5) is 0.500. The molecule has 2 nitrogen and oxygen atoms in total. The van der Waals surface area contributed by atoms with Crippen molar-refractivity contribution in [3.05, 3.63) is 0 Å². The van der Waals surface area contributed by atoms with E-state index in [1.54, 1.807) is 13.8 Å². The van der Waals surface area contributed by atoms with Crippen molar-refractivity contribution in [1.29, 1.82) is 5.41 Å². The van der Waals surface area contributed by atoms with Crippen molar-refractivity contribution in [3.63, 3.8) is 0 Å². The van der Waals surface area contributed by atoms with Crippen molar-refractivity contribution in [3.8, 4) is 0 Å². The van der Waals surface area contributed by atoms with Gasteiger partial charge in [-0.3, -0.25) is 5.41 Å². The standard InChI is InChI=1S/C3H7NS.C2H5NS/c1-3(4)5-2;1-2(3)4/h4H,1-2H3;1H3,(H2,3,4). The molecule has 0 atom stereocenters. The maximum absolute atomic E-state index is 6.71. The third-order valence-corrected chi connectivity index (χ3v) is 0.919. The van der Waals surface area contributed by atoms with Gasteiger partial charge in [0.2, 0.25) is 0 Å². The Labute approximate surface area is 65.7 Å². The van der Waals surface area contributed by atoms with Crippen LogP contribution in [0, 0.1) is 5.41 Å². The summed E-state index contributed by atoms with van der Waals surface area (Å²) in [7, 11) is 0. The molecule has 0 radical (unpaired) electrons. The van der Waals surface area contributed by atoms with Crippen LogP contribution in [0.1, 0.15) is 13.8 Å². The summed E-state index contributed by atoms with van der Waals surface area (Å²) in [5, 5.41) is 7.38. The minimum absolute atomic E-state index is 0.500. The SMILES string of the molecule is CC(N)=S.CSC(C)=N. The van der Waals surface area contributed by atoms with E-state index in [0.717, 1.165) is 0 Å². The first-order valence-corrected chi connectivity index (χ1v) is 3.99. The molecule has 3 N–H and O–H groups in total. The number of rotatable bonds is 0. The van der Waals surface area contributed by atoms with E-state index < -0.39 is 0 Å². The number of nitrogens with two attached hydrogens (primary N) is 1. The number of thiocarbonyl (C=S) groups is 1. The van der Waals surface area contributed by atoms with Gasteiger partial charge >= 0.3 is 0 Å². The lowest BCUT2D eigenvalue weighted by molar-refractivity contribution is 1.54. The second-order valence-electron chi connectivity index (χ2n) is 1.37. The fourth-order valence-corrected chi connectivity index (χ4v) is 0. The van der Waals surface area contributed by atoms with Crippen molar-refractivity contribution in [2.75, 3.05) is 6.26 Å². The van der Waals surface area contributed by atoms with E-state index in [2.05, 4.69) is 12.2 Å². The predicted octanol–water partition coefficient (Wildman–Crippen LogP) is 1.64. The highest BCUT2D eigenvalue weighted by Crippen LogP contribution is 1.89. The molecule has 0 amide bonds. The first kappa shape index (κ1) is 11.7. The topological polar surface area (TPSA) is 49.9 Å². The molecule has 0 saturated carbocycles.